The Morgan fingerprint density at radius 3 is 2.68 bits per heavy atom. The first-order valence-electron chi connectivity index (χ1n) is 6.61. The first kappa shape index (κ1) is 14.2. The van der Waals surface area contributed by atoms with Crippen LogP contribution in [0.25, 0.3) is 0 Å². The minimum atomic E-state index is -3.11. The summed E-state index contributed by atoms with van der Waals surface area (Å²) < 4.78 is 26.2. The smallest absolute Gasteiger partial charge is 0.211 e. The van der Waals surface area contributed by atoms with E-state index in [9.17, 15) is 8.42 Å². The van der Waals surface area contributed by atoms with Gasteiger partial charge in [0.1, 0.15) is 5.82 Å². The molecule has 6 nitrogen and oxygen atoms in total. The van der Waals surface area contributed by atoms with Crippen LogP contribution in [0, 0.1) is 0 Å². The summed E-state index contributed by atoms with van der Waals surface area (Å²) in [7, 11) is -3.11. The van der Waals surface area contributed by atoms with Gasteiger partial charge >= 0.3 is 0 Å². The lowest BCUT2D eigenvalue weighted by molar-refractivity contribution is 0.458. The van der Waals surface area contributed by atoms with E-state index in [0.29, 0.717) is 6.42 Å². The van der Waals surface area contributed by atoms with Crippen LogP contribution in [-0.4, -0.2) is 43.3 Å². The minimum absolute atomic E-state index is 0.0458. The number of anilines is 1. The molecule has 0 saturated carbocycles. The van der Waals surface area contributed by atoms with E-state index in [1.54, 1.807) is 18.6 Å². The summed E-state index contributed by atoms with van der Waals surface area (Å²) in [6.45, 7) is 3.48. The van der Waals surface area contributed by atoms with Gasteiger partial charge in [-0.1, -0.05) is 6.92 Å². The van der Waals surface area contributed by atoms with Gasteiger partial charge in [-0.15, -0.1) is 0 Å². The third-order valence-electron chi connectivity index (χ3n) is 3.19. The maximum Gasteiger partial charge on any atom is 0.211 e. The highest BCUT2D eigenvalue weighted by atomic mass is 32.2. The van der Waals surface area contributed by atoms with E-state index in [2.05, 4.69) is 19.6 Å². The molecule has 1 aliphatic rings. The molecule has 0 aliphatic carbocycles. The number of nitrogens with one attached hydrogen (secondary N) is 1. The van der Waals surface area contributed by atoms with Crippen molar-refractivity contribution in [2.45, 2.75) is 32.2 Å². The molecular weight excluding hydrogens is 264 g/mol. The van der Waals surface area contributed by atoms with Crippen molar-refractivity contribution in [3.8, 4) is 0 Å². The third-order valence-corrected chi connectivity index (χ3v) is 4.83. The summed E-state index contributed by atoms with van der Waals surface area (Å²) in [5.41, 5.74) is 0. The number of piperidine rings is 1. The normalized spacial score (nSPS) is 17.6. The molecule has 7 heteroatoms. The van der Waals surface area contributed by atoms with Crippen LogP contribution < -0.4 is 9.62 Å². The molecule has 2 rings (SSSR count). The van der Waals surface area contributed by atoms with Crippen LogP contribution in [0.5, 0.6) is 0 Å². The van der Waals surface area contributed by atoms with Crippen molar-refractivity contribution in [3.63, 3.8) is 0 Å². The highest BCUT2D eigenvalue weighted by molar-refractivity contribution is 7.89. The van der Waals surface area contributed by atoms with Gasteiger partial charge in [-0.2, -0.15) is 0 Å². The lowest BCUT2D eigenvalue weighted by Crippen LogP contribution is -2.45. The Hall–Kier alpha value is -1.21. The highest BCUT2D eigenvalue weighted by Crippen LogP contribution is 2.17. The van der Waals surface area contributed by atoms with Gasteiger partial charge in [0.05, 0.1) is 11.9 Å². The second kappa shape index (κ2) is 6.29. The Kier molecular flexibility index (Phi) is 4.71. The molecule has 2 heterocycles. The van der Waals surface area contributed by atoms with Crippen LogP contribution in [-0.2, 0) is 10.0 Å². The fraction of sp³-hybridized carbons (Fsp3) is 0.667. The quantitative estimate of drug-likeness (QED) is 0.864. The van der Waals surface area contributed by atoms with E-state index in [4.69, 9.17) is 0 Å². The van der Waals surface area contributed by atoms with E-state index in [-0.39, 0.29) is 11.8 Å². The van der Waals surface area contributed by atoms with Gasteiger partial charge in [0, 0.05) is 31.5 Å². The summed E-state index contributed by atoms with van der Waals surface area (Å²) in [6.07, 6.45) is 7.31. The summed E-state index contributed by atoms with van der Waals surface area (Å²) >= 11 is 0. The number of hydrogen-bond donors (Lipinski definition) is 1. The minimum Gasteiger partial charge on any atom is -0.355 e. The summed E-state index contributed by atoms with van der Waals surface area (Å²) in [5, 5.41) is 0. The van der Waals surface area contributed by atoms with Crippen LogP contribution in [0.1, 0.15) is 26.2 Å². The second-order valence-corrected chi connectivity index (χ2v) is 6.64. The Morgan fingerprint density at radius 2 is 2.11 bits per heavy atom. The molecule has 0 radical (unpaired) electrons. The SMILES string of the molecule is CCCS(=O)(=O)NC1CCN(c2cnccn2)CC1. The van der Waals surface area contributed by atoms with Crippen molar-refractivity contribution in [2.24, 2.45) is 0 Å². The zero-order valence-electron chi connectivity index (χ0n) is 11.1. The molecule has 0 unspecified atom stereocenters. The molecule has 1 aromatic heterocycles. The third kappa shape index (κ3) is 4.14. The molecule has 106 valence electrons. The zero-order chi connectivity index (χ0) is 13.7. The lowest BCUT2D eigenvalue weighted by atomic mass is 10.1. The average molecular weight is 284 g/mol. The number of rotatable bonds is 5. The van der Waals surface area contributed by atoms with Gasteiger partial charge in [-0.25, -0.2) is 18.1 Å². The largest absolute Gasteiger partial charge is 0.355 e. The van der Waals surface area contributed by atoms with Crippen molar-refractivity contribution >= 4 is 15.8 Å². The fourth-order valence-corrected chi connectivity index (χ4v) is 3.66. The first-order valence-corrected chi connectivity index (χ1v) is 8.27. The molecule has 0 amide bonds. The van der Waals surface area contributed by atoms with Gasteiger partial charge < -0.3 is 4.90 Å². The lowest BCUT2D eigenvalue weighted by Gasteiger charge is -2.32. The van der Waals surface area contributed by atoms with Crippen molar-refractivity contribution in [3.05, 3.63) is 18.6 Å². The Bertz CT molecular complexity index is 484. The van der Waals surface area contributed by atoms with E-state index < -0.39 is 10.0 Å². The van der Waals surface area contributed by atoms with Gasteiger partial charge in [-0.05, 0) is 19.3 Å². The molecule has 0 spiro atoms. The van der Waals surface area contributed by atoms with Crippen molar-refractivity contribution < 1.29 is 8.42 Å². The van der Waals surface area contributed by atoms with Crippen LogP contribution in [0.2, 0.25) is 0 Å². The number of hydrogen-bond acceptors (Lipinski definition) is 5. The van der Waals surface area contributed by atoms with Crippen LogP contribution in [0.4, 0.5) is 5.82 Å². The van der Waals surface area contributed by atoms with Crippen LogP contribution in [0.15, 0.2) is 18.6 Å². The van der Waals surface area contributed by atoms with Crippen molar-refractivity contribution in [1.29, 1.82) is 0 Å². The topological polar surface area (TPSA) is 75.2 Å². The van der Waals surface area contributed by atoms with Gasteiger partial charge in [0.15, 0.2) is 0 Å². The maximum absolute atomic E-state index is 11.7. The van der Waals surface area contributed by atoms with Gasteiger partial charge in [0.25, 0.3) is 0 Å². The van der Waals surface area contributed by atoms with E-state index in [1.807, 2.05) is 6.92 Å². The Morgan fingerprint density at radius 1 is 1.37 bits per heavy atom. The molecule has 1 saturated heterocycles. The molecule has 0 bridgehead atoms. The van der Waals surface area contributed by atoms with Crippen molar-refractivity contribution in [1.82, 2.24) is 14.7 Å². The average Bonchev–Trinajstić information content (AvgIpc) is 2.40. The summed E-state index contributed by atoms with van der Waals surface area (Å²) in [5.74, 6) is 1.06. The Balaban J connectivity index is 1.86. The fourth-order valence-electron chi connectivity index (χ4n) is 2.26. The molecule has 1 N–H and O–H groups in total. The van der Waals surface area contributed by atoms with E-state index in [1.165, 1.54) is 0 Å². The van der Waals surface area contributed by atoms with Gasteiger partial charge in [-0.3, -0.25) is 4.98 Å². The monoisotopic (exact) mass is 284 g/mol. The first-order chi connectivity index (χ1) is 9.11. The molecule has 0 atom stereocenters. The molecular formula is C12H20N4O2S. The zero-order valence-corrected chi connectivity index (χ0v) is 11.9. The maximum atomic E-state index is 11.7. The highest BCUT2D eigenvalue weighted by Gasteiger charge is 2.23. The van der Waals surface area contributed by atoms with E-state index >= 15 is 0 Å². The molecule has 1 fully saturated rings. The summed E-state index contributed by atoms with van der Waals surface area (Å²) in [6, 6.07) is 0.0458. The van der Waals surface area contributed by atoms with Crippen molar-refractivity contribution in [2.75, 3.05) is 23.7 Å². The molecule has 19 heavy (non-hydrogen) atoms. The predicted octanol–water partition coefficient (Wildman–Crippen LogP) is 0.775. The van der Waals surface area contributed by atoms with Crippen LogP contribution >= 0.6 is 0 Å². The molecule has 1 aliphatic heterocycles. The number of nitrogens with zero attached hydrogens (tertiary/aromatic N) is 3. The summed E-state index contributed by atoms with van der Waals surface area (Å²) in [4.78, 5) is 10.4. The Labute approximate surface area is 114 Å². The van der Waals surface area contributed by atoms with Crippen LogP contribution in [0.3, 0.4) is 0 Å². The second-order valence-electron chi connectivity index (χ2n) is 4.76. The molecule has 0 aromatic carbocycles. The number of aromatic nitrogens is 2. The number of sulfonamides is 1. The molecule has 1 aromatic rings. The van der Waals surface area contributed by atoms with Gasteiger partial charge in [0.2, 0.25) is 10.0 Å². The standard InChI is InChI=1S/C12H20N4O2S/c1-2-9-19(17,18)15-11-3-7-16(8-4-11)12-10-13-5-6-14-12/h5-6,10-11,15H,2-4,7-9H2,1H3. The van der Waals surface area contributed by atoms with E-state index in [0.717, 1.165) is 31.7 Å². The predicted molar refractivity (Wildman–Crippen MR) is 74.5 cm³/mol.